The number of hydrogen-bond donors (Lipinski definition) is 5. The first-order chi connectivity index (χ1) is 7.26. The van der Waals surface area contributed by atoms with Crippen LogP contribution in [0.15, 0.2) is 0 Å². The van der Waals surface area contributed by atoms with Crippen LogP contribution in [0.4, 0.5) is 0 Å². The molecule has 0 aromatic rings. The number of phosphoric ester groups is 1. The van der Waals surface area contributed by atoms with E-state index in [1.807, 2.05) is 0 Å². The lowest BCUT2D eigenvalue weighted by atomic mass is 10.00. The van der Waals surface area contributed by atoms with E-state index in [4.69, 9.17) is 9.79 Å². The van der Waals surface area contributed by atoms with E-state index in [2.05, 4.69) is 9.26 Å². The molecule has 1 aliphatic heterocycles. The molecule has 0 spiro atoms. The van der Waals surface area contributed by atoms with Gasteiger partial charge in [-0.2, -0.15) is 0 Å². The lowest BCUT2D eigenvalue weighted by molar-refractivity contribution is -0.266. The van der Waals surface area contributed by atoms with Crippen LogP contribution in [0.2, 0.25) is 0 Å². The van der Waals surface area contributed by atoms with Gasteiger partial charge in [-0.15, -0.1) is 0 Å². The predicted molar refractivity (Wildman–Crippen MR) is 45.9 cm³/mol. The Morgan fingerprint density at radius 2 is 1.69 bits per heavy atom. The molecule has 1 aliphatic rings. The number of aliphatic hydroxyl groups is 3. The van der Waals surface area contributed by atoms with E-state index in [0.717, 1.165) is 0 Å². The van der Waals surface area contributed by atoms with Gasteiger partial charge in [0.15, 0.2) is 12.6 Å². The summed E-state index contributed by atoms with van der Waals surface area (Å²) < 4.78 is 19.0. The highest BCUT2D eigenvalue weighted by molar-refractivity contribution is 7.46. The number of ether oxygens (including phenoxy) is 1. The van der Waals surface area contributed by atoms with E-state index in [1.165, 1.54) is 0 Å². The molecule has 1 saturated heterocycles. The van der Waals surface area contributed by atoms with Crippen LogP contribution in [0.5, 0.6) is 0 Å². The van der Waals surface area contributed by atoms with Crippen molar-refractivity contribution in [3.63, 3.8) is 0 Å². The molecule has 1 fully saturated rings. The molecular formula is C6H11O9P. The van der Waals surface area contributed by atoms with Crippen LogP contribution in [0.3, 0.4) is 0 Å². The van der Waals surface area contributed by atoms with Crippen molar-refractivity contribution in [1.29, 1.82) is 0 Å². The summed E-state index contributed by atoms with van der Waals surface area (Å²) in [4.78, 5) is 27.3. The third kappa shape index (κ3) is 3.06. The fraction of sp³-hybridized carbons (Fsp3) is 0.833. The van der Waals surface area contributed by atoms with E-state index >= 15 is 0 Å². The number of carbonyl (C=O) groups excluding carboxylic acids is 1. The quantitative estimate of drug-likeness (QED) is 0.265. The number of aliphatic hydroxyl groups excluding tert-OH is 3. The SMILES string of the molecule is O=C[C@H]1O[C@H](OP(=O)(O)O)[C@H](O)[C@@H](O)[C@@H]1O. The van der Waals surface area contributed by atoms with Crippen LogP contribution in [-0.2, 0) is 18.6 Å². The van der Waals surface area contributed by atoms with E-state index in [9.17, 15) is 24.7 Å². The molecule has 0 saturated carbocycles. The number of hydrogen-bond acceptors (Lipinski definition) is 7. The van der Waals surface area contributed by atoms with E-state index in [0.29, 0.717) is 0 Å². The lowest BCUT2D eigenvalue weighted by Gasteiger charge is -2.37. The summed E-state index contributed by atoms with van der Waals surface area (Å²) in [5.41, 5.74) is 0. The zero-order chi connectivity index (χ0) is 12.5. The molecule has 5 N–H and O–H groups in total. The zero-order valence-corrected chi connectivity index (χ0v) is 8.67. The fourth-order valence-electron chi connectivity index (χ4n) is 1.21. The summed E-state index contributed by atoms with van der Waals surface area (Å²) in [6.07, 6.45) is -8.68. The van der Waals surface area contributed by atoms with Crippen LogP contribution < -0.4 is 0 Å². The first kappa shape index (κ1) is 13.7. The van der Waals surface area contributed by atoms with Gasteiger partial charge in [-0.05, 0) is 0 Å². The molecule has 10 heteroatoms. The Labute approximate surface area is 89.5 Å². The molecule has 16 heavy (non-hydrogen) atoms. The highest BCUT2D eigenvalue weighted by Crippen LogP contribution is 2.40. The Kier molecular flexibility index (Phi) is 4.16. The number of carbonyl (C=O) groups is 1. The van der Waals surface area contributed by atoms with Gasteiger partial charge in [0.1, 0.15) is 24.4 Å². The van der Waals surface area contributed by atoms with E-state index in [-0.39, 0.29) is 6.29 Å². The van der Waals surface area contributed by atoms with E-state index < -0.39 is 38.5 Å². The van der Waals surface area contributed by atoms with Crippen molar-refractivity contribution in [2.24, 2.45) is 0 Å². The number of rotatable bonds is 3. The Morgan fingerprint density at radius 3 is 2.12 bits per heavy atom. The van der Waals surface area contributed by atoms with Gasteiger partial charge in [0.25, 0.3) is 0 Å². The standard InChI is InChI=1S/C6H11O9P/c7-1-2-3(8)4(9)5(10)6(14-2)15-16(11,12)13/h1-6,8-10H,(H2,11,12,13)/t2-,3-,4+,5-,6-/m1/s1. The minimum Gasteiger partial charge on any atom is -0.387 e. The van der Waals surface area contributed by atoms with Crippen molar-refractivity contribution in [3.05, 3.63) is 0 Å². The van der Waals surface area contributed by atoms with Gasteiger partial charge in [0.2, 0.25) is 0 Å². The number of aldehydes is 1. The van der Waals surface area contributed by atoms with Gasteiger partial charge in [-0.1, -0.05) is 0 Å². The topological polar surface area (TPSA) is 154 Å². The maximum absolute atomic E-state index is 10.5. The molecule has 9 nitrogen and oxygen atoms in total. The second-order valence-electron chi connectivity index (χ2n) is 3.17. The minimum absolute atomic E-state index is 0.121. The largest absolute Gasteiger partial charge is 0.472 e. The molecule has 0 aromatic carbocycles. The Balaban J connectivity index is 2.79. The summed E-state index contributed by atoms with van der Waals surface area (Å²) in [5.74, 6) is 0. The van der Waals surface area contributed by atoms with Gasteiger partial charge in [-0.25, -0.2) is 4.57 Å². The molecule has 0 amide bonds. The van der Waals surface area contributed by atoms with Crippen LogP contribution >= 0.6 is 7.82 Å². The smallest absolute Gasteiger partial charge is 0.387 e. The molecule has 0 aromatic heterocycles. The Hall–Kier alpha value is -0.380. The summed E-state index contributed by atoms with van der Waals surface area (Å²) >= 11 is 0. The molecular weight excluding hydrogens is 247 g/mol. The minimum atomic E-state index is -4.95. The summed E-state index contributed by atoms with van der Waals surface area (Å²) in [7, 11) is -4.95. The van der Waals surface area contributed by atoms with Crippen LogP contribution in [-0.4, -0.2) is 62.1 Å². The van der Waals surface area contributed by atoms with Gasteiger partial charge in [0.05, 0.1) is 0 Å². The molecule has 94 valence electrons. The maximum Gasteiger partial charge on any atom is 0.472 e. The normalized spacial score (nSPS) is 40.7. The monoisotopic (exact) mass is 258 g/mol. The average Bonchev–Trinajstić information content (AvgIpc) is 2.17. The van der Waals surface area contributed by atoms with Crippen molar-refractivity contribution in [2.45, 2.75) is 30.7 Å². The molecule has 0 aliphatic carbocycles. The van der Waals surface area contributed by atoms with Gasteiger partial charge in [0, 0.05) is 0 Å². The van der Waals surface area contributed by atoms with E-state index in [1.54, 1.807) is 0 Å². The third-order valence-electron chi connectivity index (χ3n) is 1.98. The van der Waals surface area contributed by atoms with Crippen molar-refractivity contribution < 1.29 is 43.7 Å². The molecule has 5 atom stereocenters. The van der Waals surface area contributed by atoms with Gasteiger partial charge >= 0.3 is 7.82 Å². The molecule has 1 heterocycles. The summed E-state index contributed by atoms with van der Waals surface area (Å²) in [6.45, 7) is 0. The van der Waals surface area contributed by atoms with Gasteiger partial charge < -0.3 is 34.6 Å². The lowest BCUT2D eigenvalue weighted by Crippen LogP contribution is -2.58. The third-order valence-corrected chi connectivity index (χ3v) is 2.46. The van der Waals surface area contributed by atoms with Crippen LogP contribution in [0, 0.1) is 0 Å². The Bertz CT molecular complexity index is 300. The second-order valence-corrected chi connectivity index (χ2v) is 4.36. The first-order valence-corrected chi connectivity index (χ1v) is 5.68. The molecule has 1 rings (SSSR count). The number of phosphoric acid groups is 1. The van der Waals surface area contributed by atoms with Crippen LogP contribution in [0.1, 0.15) is 0 Å². The maximum atomic E-state index is 10.5. The second kappa shape index (κ2) is 4.86. The Morgan fingerprint density at radius 1 is 1.12 bits per heavy atom. The molecule has 0 bridgehead atoms. The molecule has 0 radical (unpaired) electrons. The van der Waals surface area contributed by atoms with Crippen molar-refractivity contribution in [1.82, 2.24) is 0 Å². The van der Waals surface area contributed by atoms with Crippen molar-refractivity contribution >= 4 is 14.1 Å². The fourth-order valence-corrected chi connectivity index (χ4v) is 1.65. The van der Waals surface area contributed by atoms with Crippen LogP contribution in [0.25, 0.3) is 0 Å². The van der Waals surface area contributed by atoms with Crippen molar-refractivity contribution in [2.75, 3.05) is 0 Å². The van der Waals surface area contributed by atoms with Crippen molar-refractivity contribution in [3.8, 4) is 0 Å². The zero-order valence-electron chi connectivity index (χ0n) is 7.78. The highest BCUT2D eigenvalue weighted by Gasteiger charge is 2.46. The summed E-state index contributed by atoms with van der Waals surface area (Å²) in [6, 6.07) is 0. The predicted octanol–water partition coefficient (Wildman–Crippen LogP) is -2.90. The highest BCUT2D eigenvalue weighted by atomic mass is 31.2. The average molecular weight is 258 g/mol. The summed E-state index contributed by atoms with van der Waals surface area (Å²) in [5, 5.41) is 27.7. The first-order valence-electron chi connectivity index (χ1n) is 4.15. The molecule has 0 unspecified atom stereocenters. The van der Waals surface area contributed by atoms with Gasteiger partial charge in [-0.3, -0.25) is 4.52 Å².